The number of hydrogen-bond acceptors (Lipinski definition) is 5. The van der Waals surface area contributed by atoms with Crippen molar-refractivity contribution in [2.24, 2.45) is 0 Å². The molecule has 1 aliphatic heterocycles. The summed E-state index contributed by atoms with van der Waals surface area (Å²) in [5.41, 5.74) is 2.73. The van der Waals surface area contributed by atoms with Crippen molar-refractivity contribution >= 4 is 11.3 Å². The topological polar surface area (TPSA) is 30.9 Å². The Balaban J connectivity index is 1.69. The Morgan fingerprint density at radius 3 is 2.83 bits per heavy atom. The Kier molecular flexibility index (Phi) is 5.76. The molecule has 0 aliphatic carbocycles. The van der Waals surface area contributed by atoms with Crippen LogP contribution in [-0.4, -0.2) is 38.9 Å². The molecule has 5 heteroatoms. The number of fused-ring (bicyclic) bond motifs is 1. The summed E-state index contributed by atoms with van der Waals surface area (Å²) in [4.78, 5) is 4.06. The minimum absolute atomic E-state index is 0.462. The van der Waals surface area contributed by atoms with Crippen LogP contribution in [0.15, 0.2) is 29.6 Å². The molecular weight excluding hydrogens is 322 g/mol. The normalized spacial score (nSPS) is 17.5. The largest absolute Gasteiger partial charge is 0.493 e. The number of ether oxygens (including phenoxy) is 3. The van der Waals surface area contributed by atoms with Crippen LogP contribution in [0.1, 0.15) is 29.0 Å². The minimum Gasteiger partial charge on any atom is -0.493 e. The van der Waals surface area contributed by atoms with Gasteiger partial charge in [0.1, 0.15) is 6.61 Å². The molecule has 0 spiro atoms. The third-order valence-corrected chi connectivity index (χ3v) is 5.56. The van der Waals surface area contributed by atoms with Gasteiger partial charge < -0.3 is 14.2 Å². The maximum absolute atomic E-state index is 5.71. The highest BCUT2D eigenvalue weighted by Crippen LogP contribution is 2.35. The summed E-state index contributed by atoms with van der Waals surface area (Å²) in [5, 5.41) is 2.21. The molecule has 0 saturated heterocycles. The highest BCUT2D eigenvalue weighted by atomic mass is 32.1. The quantitative estimate of drug-likeness (QED) is 0.711. The van der Waals surface area contributed by atoms with Crippen molar-refractivity contribution in [1.29, 1.82) is 0 Å². The summed E-state index contributed by atoms with van der Waals surface area (Å²) >= 11 is 1.88. The van der Waals surface area contributed by atoms with E-state index >= 15 is 0 Å². The van der Waals surface area contributed by atoms with Gasteiger partial charge >= 0.3 is 0 Å². The van der Waals surface area contributed by atoms with Crippen molar-refractivity contribution in [3.8, 4) is 11.5 Å². The van der Waals surface area contributed by atoms with E-state index < -0.39 is 0 Å². The lowest BCUT2D eigenvalue weighted by Gasteiger charge is -2.33. The Morgan fingerprint density at radius 1 is 1.17 bits per heavy atom. The zero-order valence-electron chi connectivity index (χ0n) is 14.6. The second kappa shape index (κ2) is 8.01. The molecule has 0 fully saturated rings. The van der Waals surface area contributed by atoms with E-state index in [1.54, 1.807) is 19.1 Å². The molecule has 0 saturated carbocycles. The number of benzene rings is 1. The summed E-state index contributed by atoms with van der Waals surface area (Å²) in [6, 6.07) is 8.93. The van der Waals surface area contributed by atoms with Crippen LogP contribution in [0.5, 0.6) is 11.5 Å². The van der Waals surface area contributed by atoms with E-state index in [2.05, 4.69) is 35.4 Å². The van der Waals surface area contributed by atoms with Crippen LogP contribution < -0.4 is 9.47 Å². The van der Waals surface area contributed by atoms with Gasteiger partial charge in [0.25, 0.3) is 0 Å². The first-order valence-electron chi connectivity index (χ1n) is 8.32. The van der Waals surface area contributed by atoms with Gasteiger partial charge in [-0.15, -0.1) is 11.3 Å². The van der Waals surface area contributed by atoms with Gasteiger partial charge in [0.05, 0.1) is 13.7 Å². The lowest BCUT2D eigenvalue weighted by Crippen LogP contribution is -2.32. The lowest BCUT2D eigenvalue weighted by atomic mass is 10.0. The molecule has 2 heterocycles. The third kappa shape index (κ3) is 3.74. The smallest absolute Gasteiger partial charge is 0.161 e. The monoisotopic (exact) mass is 347 g/mol. The fourth-order valence-electron chi connectivity index (χ4n) is 3.18. The average Bonchev–Trinajstić information content (AvgIpc) is 3.08. The molecule has 0 radical (unpaired) electrons. The number of rotatable bonds is 7. The predicted molar refractivity (Wildman–Crippen MR) is 97.2 cm³/mol. The Hall–Kier alpha value is -1.56. The van der Waals surface area contributed by atoms with Crippen LogP contribution in [0.3, 0.4) is 0 Å². The number of hydrogen-bond donors (Lipinski definition) is 0. The van der Waals surface area contributed by atoms with Crippen LogP contribution >= 0.6 is 11.3 Å². The van der Waals surface area contributed by atoms with Gasteiger partial charge in [0.15, 0.2) is 11.5 Å². The number of methoxy groups -OCH3 is 2. The van der Waals surface area contributed by atoms with Gasteiger partial charge in [0.2, 0.25) is 0 Å². The second-order valence-electron chi connectivity index (χ2n) is 6.02. The molecule has 0 N–H and O–H groups in total. The molecule has 24 heavy (non-hydrogen) atoms. The number of thiophene rings is 1. The molecule has 3 rings (SSSR count). The Morgan fingerprint density at radius 2 is 2.04 bits per heavy atom. The van der Waals surface area contributed by atoms with E-state index in [0.717, 1.165) is 31.0 Å². The molecule has 1 aliphatic rings. The molecule has 1 aromatic heterocycles. The first-order valence-corrected chi connectivity index (χ1v) is 9.20. The van der Waals surface area contributed by atoms with Gasteiger partial charge in [-0.3, -0.25) is 4.90 Å². The van der Waals surface area contributed by atoms with Crippen molar-refractivity contribution in [1.82, 2.24) is 4.90 Å². The fraction of sp³-hybridized carbons (Fsp3) is 0.474. The van der Waals surface area contributed by atoms with E-state index in [4.69, 9.17) is 14.2 Å². The maximum atomic E-state index is 5.71. The van der Waals surface area contributed by atoms with Gasteiger partial charge in [-0.05, 0) is 48.1 Å². The van der Waals surface area contributed by atoms with Crippen LogP contribution in [0.25, 0.3) is 0 Å². The molecule has 130 valence electrons. The summed E-state index contributed by atoms with van der Waals surface area (Å²) in [7, 11) is 3.35. The van der Waals surface area contributed by atoms with Crippen LogP contribution in [0, 0.1) is 0 Å². The predicted octanol–water partition coefficient (Wildman–Crippen LogP) is 3.90. The van der Waals surface area contributed by atoms with Crippen molar-refractivity contribution in [3.05, 3.63) is 45.6 Å². The van der Waals surface area contributed by atoms with E-state index in [9.17, 15) is 0 Å². The molecule has 0 unspecified atom stereocenters. The van der Waals surface area contributed by atoms with Crippen molar-refractivity contribution in [2.75, 3.05) is 34.0 Å². The van der Waals surface area contributed by atoms with Crippen LogP contribution in [0.2, 0.25) is 0 Å². The molecular formula is C19H25NO3S. The van der Waals surface area contributed by atoms with Crippen LogP contribution in [0.4, 0.5) is 0 Å². The molecule has 2 aromatic rings. The van der Waals surface area contributed by atoms with E-state index in [1.807, 2.05) is 17.4 Å². The second-order valence-corrected chi connectivity index (χ2v) is 7.02. The highest BCUT2D eigenvalue weighted by molar-refractivity contribution is 7.10. The SMILES string of the molecule is COCCOc1ccc(CN2CCc3sccc3[C@@H]2C)cc1OC. The van der Waals surface area contributed by atoms with Crippen molar-refractivity contribution in [3.63, 3.8) is 0 Å². The Labute approximate surface area is 148 Å². The van der Waals surface area contributed by atoms with E-state index in [-0.39, 0.29) is 0 Å². The van der Waals surface area contributed by atoms with E-state index in [0.29, 0.717) is 19.3 Å². The summed E-state index contributed by atoms with van der Waals surface area (Å²) in [6.45, 7) is 5.41. The molecule has 1 aromatic carbocycles. The highest BCUT2D eigenvalue weighted by Gasteiger charge is 2.24. The molecule has 0 bridgehead atoms. The first kappa shape index (κ1) is 17.3. The zero-order chi connectivity index (χ0) is 16.9. The number of nitrogens with zero attached hydrogens (tertiary/aromatic N) is 1. The average molecular weight is 347 g/mol. The minimum atomic E-state index is 0.462. The Bertz CT molecular complexity index is 670. The fourth-order valence-corrected chi connectivity index (χ4v) is 4.14. The van der Waals surface area contributed by atoms with E-state index in [1.165, 1.54) is 11.1 Å². The molecule has 1 atom stereocenters. The molecule has 0 amide bonds. The van der Waals surface area contributed by atoms with Gasteiger partial charge in [0, 0.05) is 31.1 Å². The maximum Gasteiger partial charge on any atom is 0.161 e. The zero-order valence-corrected chi connectivity index (χ0v) is 15.4. The summed E-state index contributed by atoms with van der Waals surface area (Å²) in [5.74, 6) is 1.55. The van der Waals surface area contributed by atoms with Gasteiger partial charge in [-0.1, -0.05) is 6.07 Å². The first-order chi connectivity index (χ1) is 11.7. The standard InChI is InChI=1S/C19H25NO3S/c1-14-16-7-11-24-19(16)6-8-20(14)13-15-4-5-17(18(12-15)22-3)23-10-9-21-2/h4-5,7,11-12,14H,6,8-10,13H2,1-3H3/t14-/m0/s1. The van der Waals surface area contributed by atoms with Gasteiger partial charge in [-0.2, -0.15) is 0 Å². The third-order valence-electron chi connectivity index (χ3n) is 4.56. The lowest BCUT2D eigenvalue weighted by molar-refractivity contribution is 0.144. The van der Waals surface area contributed by atoms with Crippen molar-refractivity contribution in [2.45, 2.75) is 25.9 Å². The summed E-state index contributed by atoms with van der Waals surface area (Å²) in [6.07, 6.45) is 1.15. The summed E-state index contributed by atoms with van der Waals surface area (Å²) < 4.78 is 16.2. The molecule has 4 nitrogen and oxygen atoms in total. The van der Waals surface area contributed by atoms with Crippen LogP contribution in [-0.2, 0) is 17.7 Å². The van der Waals surface area contributed by atoms with Crippen molar-refractivity contribution < 1.29 is 14.2 Å². The van der Waals surface area contributed by atoms with Gasteiger partial charge in [-0.25, -0.2) is 0 Å².